The average molecular weight is 476 g/mol. The van der Waals surface area contributed by atoms with Crippen molar-refractivity contribution in [2.75, 3.05) is 0 Å². The zero-order valence-corrected chi connectivity index (χ0v) is 20.7. The maximum absolute atomic E-state index is 11.3. The molecule has 180 valence electrons. The number of fused-ring (bicyclic) bond motifs is 1. The molecule has 2 N–H and O–H groups in total. The van der Waals surface area contributed by atoms with E-state index >= 15 is 0 Å². The summed E-state index contributed by atoms with van der Waals surface area (Å²) in [5.74, 6) is 0.333. The molecule has 0 saturated heterocycles. The number of nitrogens with zero attached hydrogens (tertiary/aromatic N) is 3. The van der Waals surface area contributed by atoms with Gasteiger partial charge in [-0.2, -0.15) is 0 Å². The summed E-state index contributed by atoms with van der Waals surface area (Å²) in [4.78, 5) is 1.48. The highest BCUT2D eigenvalue weighted by molar-refractivity contribution is 5.73. The minimum Gasteiger partial charge on any atom is -0.507 e. The molecule has 1 atom stereocenters. The molecule has 0 bridgehead atoms. The summed E-state index contributed by atoms with van der Waals surface area (Å²) in [7, 11) is 0. The van der Waals surface area contributed by atoms with Crippen molar-refractivity contribution in [2.45, 2.75) is 33.1 Å². The molecule has 5 heteroatoms. The molecule has 5 aromatic rings. The average Bonchev–Trinajstić information content (AvgIpc) is 3.28. The van der Waals surface area contributed by atoms with Crippen LogP contribution in [0.4, 0.5) is 0 Å². The standard InChI is InChI=1S/C31H29N3O2/c1-19-13-24(30(35)26(15-19)22(4)17-23-10-6-5-9-21(23)3)18-25-14-20(2)16-29(31(25)36)34-32-27-11-7-8-12-28(27)33-34/h5-17,22,35-36H,3,18H2,1-2,4H3/b23-17-/t22-/m0/s1. The third kappa shape index (κ3) is 4.48. The van der Waals surface area contributed by atoms with Gasteiger partial charge in [-0.25, -0.2) is 0 Å². The van der Waals surface area contributed by atoms with Crippen molar-refractivity contribution >= 4 is 23.7 Å². The largest absolute Gasteiger partial charge is 0.507 e. The zero-order chi connectivity index (χ0) is 25.4. The second-order valence-corrected chi connectivity index (χ2v) is 9.46. The lowest BCUT2D eigenvalue weighted by Crippen LogP contribution is -2.22. The fourth-order valence-electron chi connectivity index (χ4n) is 4.71. The van der Waals surface area contributed by atoms with Gasteiger partial charge in [0.15, 0.2) is 0 Å². The van der Waals surface area contributed by atoms with E-state index in [-0.39, 0.29) is 17.4 Å². The van der Waals surface area contributed by atoms with Gasteiger partial charge < -0.3 is 10.2 Å². The van der Waals surface area contributed by atoms with E-state index in [9.17, 15) is 10.2 Å². The molecule has 1 aromatic heterocycles. The van der Waals surface area contributed by atoms with Crippen molar-refractivity contribution in [1.82, 2.24) is 15.0 Å². The van der Waals surface area contributed by atoms with Crippen LogP contribution >= 0.6 is 0 Å². The van der Waals surface area contributed by atoms with Crippen molar-refractivity contribution in [2.24, 2.45) is 0 Å². The Morgan fingerprint density at radius 1 is 0.833 bits per heavy atom. The van der Waals surface area contributed by atoms with Crippen LogP contribution in [-0.2, 0) is 6.42 Å². The van der Waals surface area contributed by atoms with Gasteiger partial charge in [0.25, 0.3) is 0 Å². The molecule has 0 amide bonds. The number of phenols is 2. The minimum absolute atomic E-state index is 0.0195. The molecule has 0 aliphatic carbocycles. The van der Waals surface area contributed by atoms with Gasteiger partial charge in [0, 0.05) is 23.5 Å². The highest BCUT2D eigenvalue weighted by Gasteiger charge is 2.18. The highest BCUT2D eigenvalue weighted by atomic mass is 16.3. The van der Waals surface area contributed by atoms with Crippen LogP contribution in [0.1, 0.15) is 40.7 Å². The van der Waals surface area contributed by atoms with Crippen LogP contribution in [0, 0.1) is 13.8 Å². The first-order valence-electron chi connectivity index (χ1n) is 12.0. The molecule has 36 heavy (non-hydrogen) atoms. The first-order valence-corrected chi connectivity index (χ1v) is 12.0. The van der Waals surface area contributed by atoms with Gasteiger partial charge >= 0.3 is 0 Å². The molecule has 5 rings (SSSR count). The van der Waals surface area contributed by atoms with Gasteiger partial charge in [-0.05, 0) is 53.6 Å². The Hall–Kier alpha value is -4.38. The molecule has 1 heterocycles. The van der Waals surface area contributed by atoms with Crippen molar-refractivity contribution in [3.05, 3.63) is 111 Å². The van der Waals surface area contributed by atoms with Crippen LogP contribution in [0.3, 0.4) is 0 Å². The third-order valence-corrected chi connectivity index (χ3v) is 6.53. The minimum atomic E-state index is -0.0195. The van der Waals surface area contributed by atoms with E-state index in [4.69, 9.17) is 0 Å². The van der Waals surface area contributed by atoms with Crippen LogP contribution in [-0.4, -0.2) is 25.2 Å². The summed E-state index contributed by atoms with van der Waals surface area (Å²) < 4.78 is 0. The molecule has 5 nitrogen and oxygen atoms in total. The Balaban J connectivity index is 1.55. The lowest BCUT2D eigenvalue weighted by atomic mass is 9.91. The van der Waals surface area contributed by atoms with Crippen LogP contribution in [0.5, 0.6) is 11.5 Å². The molecule has 4 aromatic carbocycles. The predicted molar refractivity (Wildman–Crippen MR) is 145 cm³/mol. The Kier molecular flexibility index (Phi) is 6.06. The van der Waals surface area contributed by atoms with Gasteiger partial charge in [-0.1, -0.05) is 79.7 Å². The van der Waals surface area contributed by atoms with E-state index in [0.717, 1.165) is 43.7 Å². The Labute approximate surface area is 210 Å². The monoisotopic (exact) mass is 475 g/mol. The van der Waals surface area contributed by atoms with Gasteiger partial charge in [-0.15, -0.1) is 15.0 Å². The highest BCUT2D eigenvalue weighted by Crippen LogP contribution is 2.36. The number of aromatic nitrogens is 3. The quantitative estimate of drug-likeness (QED) is 0.374. The maximum atomic E-state index is 11.3. The molecule has 0 aliphatic heterocycles. The van der Waals surface area contributed by atoms with E-state index in [0.29, 0.717) is 17.7 Å². The molecule has 0 aliphatic rings. The first-order chi connectivity index (χ1) is 17.3. The fourth-order valence-corrected chi connectivity index (χ4v) is 4.71. The number of hydrogen-bond acceptors (Lipinski definition) is 4. The summed E-state index contributed by atoms with van der Waals surface area (Å²) >= 11 is 0. The van der Waals surface area contributed by atoms with Gasteiger partial charge in [0.2, 0.25) is 0 Å². The van der Waals surface area contributed by atoms with Crippen molar-refractivity contribution in [1.29, 1.82) is 0 Å². The van der Waals surface area contributed by atoms with Crippen molar-refractivity contribution in [3.63, 3.8) is 0 Å². The molecular weight excluding hydrogens is 446 g/mol. The Morgan fingerprint density at radius 2 is 1.42 bits per heavy atom. The van der Waals surface area contributed by atoms with E-state index in [1.807, 2.05) is 86.6 Å². The van der Waals surface area contributed by atoms with E-state index in [1.54, 1.807) is 0 Å². The lowest BCUT2D eigenvalue weighted by Gasteiger charge is -2.17. The summed E-state index contributed by atoms with van der Waals surface area (Å²) in [6, 6.07) is 23.4. The first kappa shape index (κ1) is 23.4. The Morgan fingerprint density at radius 3 is 2.08 bits per heavy atom. The Bertz CT molecular complexity index is 1670. The number of phenolic OH excluding ortho intramolecular Hbond substituents is 2. The van der Waals surface area contributed by atoms with Crippen LogP contribution in [0.25, 0.3) is 29.4 Å². The molecule has 0 fully saturated rings. The van der Waals surface area contributed by atoms with Gasteiger partial charge in [0.05, 0.1) is 0 Å². The lowest BCUT2D eigenvalue weighted by molar-refractivity contribution is 0.455. The SMILES string of the molecule is C=c1cccc/c1=C/[C@H](C)c1cc(C)cc(Cc2cc(C)cc(-n3nc4ccccc4n3)c2O)c1O. The van der Waals surface area contributed by atoms with Crippen molar-refractivity contribution < 1.29 is 10.2 Å². The second kappa shape index (κ2) is 9.34. The fraction of sp³-hybridized carbons (Fsp3) is 0.161. The number of hydrogen-bond donors (Lipinski definition) is 2. The topological polar surface area (TPSA) is 71.2 Å². The second-order valence-electron chi connectivity index (χ2n) is 9.46. The molecule has 0 radical (unpaired) electrons. The van der Waals surface area contributed by atoms with E-state index in [2.05, 4.69) is 29.8 Å². The molecule has 0 spiro atoms. The zero-order valence-electron chi connectivity index (χ0n) is 20.7. The summed E-state index contributed by atoms with van der Waals surface area (Å²) in [6.45, 7) is 10.2. The normalized spacial score (nSPS) is 12.8. The van der Waals surface area contributed by atoms with Crippen LogP contribution in [0.2, 0.25) is 0 Å². The smallest absolute Gasteiger partial charge is 0.146 e. The predicted octanol–water partition coefficient (Wildman–Crippen LogP) is 5.03. The van der Waals surface area contributed by atoms with Crippen molar-refractivity contribution in [3.8, 4) is 17.2 Å². The number of rotatable bonds is 5. The number of aryl methyl sites for hydroxylation is 2. The van der Waals surface area contributed by atoms with Gasteiger partial charge in [0.1, 0.15) is 28.2 Å². The van der Waals surface area contributed by atoms with Crippen LogP contribution < -0.4 is 10.4 Å². The summed E-state index contributed by atoms with van der Waals surface area (Å²) in [5.41, 5.74) is 6.37. The van der Waals surface area contributed by atoms with Gasteiger partial charge in [-0.3, -0.25) is 0 Å². The van der Waals surface area contributed by atoms with Crippen LogP contribution in [0.15, 0.2) is 72.8 Å². The van der Waals surface area contributed by atoms with E-state index < -0.39 is 0 Å². The number of aromatic hydroxyl groups is 2. The molecule has 0 unspecified atom stereocenters. The third-order valence-electron chi connectivity index (χ3n) is 6.53. The summed E-state index contributed by atoms with van der Waals surface area (Å²) in [5, 5.41) is 33.6. The summed E-state index contributed by atoms with van der Waals surface area (Å²) in [6.07, 6.45) is 2.50. The molecular formula is C31H29N3O2. The van der Waals surface area contributed by atoms with E-state index in [1.165, 1.54) is 4.80 Å². The number of benzene rings is 4. The maximum Gasteiger partial charge on any atom is 0.146 e. The molecule has 0 saturated carbocycles.